The Bertz CT molecular complexity index is 1570. The van der Waals surface area contributed by atoms with Gasteiger partial charge in [-0.2, -0.15) is 18.3 Å². The van der Waals surface area contributed by atoms with Crippen molar-refractivity contribution in [1.82, 2.24) is 10.4 Å². The van der Waals surface area contributed by atoms with Gasteiger partial charge in [0.15, 0.2) is 0 Å². The lowest BCUT2D eigenvalue weighted by atomic mass is 10.1. The molecule has 12 heteroatoms. The van der Waals surface area contributed by atoms with Crippen molar-refractivity contribution in [2.24, 2.45) is 5.10 Å². The predicted octanol–water partition coefficient (Wildman–Crippen LogP) is 7.82. The van der Waals surface area contributed by atoms with Crippen LogP contribution in [0.1, 0.15) is 37.4 Å². The highest BCUT2D eigenvalue weighted by molar-refractivity contribution is 9.10. The molecule has 0 bridgehead atoms. The zero-order valence-electron chi connectivity index (χ0n) is 20.4. The zero-order chi connectivity index (χ0) is 28.7. The zero-order valence-corrected chi connectivity index (χ0v) is 23.5. The van der Waals surface area contributed by atoms with Gasteiger partial charge in [0.2, 0.25) is 0 Å². The van der Waals surface area contributed by atoms with Crippen molar-refractivity contribution in [2.75, 3.05) is 5.32 Å². The topological polar surface area (TPSA) is 83.5 Å². The Morgan fingerprint density at radius 3 is 2.52 bits per heavy atom. The van der Waals surface area contributed by atoms with Gasteiger partial charge in [0.25, 0.3) is 11.8 Å². The Morgan fingerprint density at radius 1 is 1.00 bits per heavy atom. The number of anilines is 1. The molecular weight excluding hydrogens is 629 g/mol. The van der Waals surface area contributed by atoms with Gasteiger partial charge in [0, 0.05) is 33.1 Å². The fourth-order valence-electron chi connectivity index (χ4n) is 3.48. The predicted molar refractivity (Wildman–Crippen MR) is 154 cm³/mol. The van der Waals surface area contributed by atoms with Crippen molar-refractivity contribution in [3.63, 3.8) is 0 Å². The molecule has 1 heterocycles. The summed E-state index contributed by atoms with van der Waals surface area (Å²) in [6.45, 7) is 0. The molecule has 0 radical (unpaired) electrons. The van der Waals surface area contributed by atoms with Crippen LogP contribution in [0.3, 0.4) is 0 Å². The van der Waals surface area contributed by atoms with Crippen LogP contribution in [0.15, 0.2) is 99.7 Å². The number of benzene rings is 3. The number of hydrazone groups is 1. The van der Waals surface area contributed by atoms with E-state index in [0.717, 1.165) is 28.8 Å². The molecule has 0 saturated carbocycles. The van der Waals surface area contributed by atoms with E-state index >= 15 is 0 Å². The molecule has 0 aliphatic carbocycles. The van der Waals surface area contributed by atoms with Crippen LogP contribution in [0.2, 0.25) is 5.02 Å². The normalized spacial score (nSPS) is 11.4. The maximum Gasteiger partial charge on any atom is 0.417 e. The SMILES string of the molecule is O=C(Nc1ccc(Br)cc1C(=O)NN=Cc1ccc(Cl)c(C(F)(F)F)c1)c1cccc(CSc2ccncc2)c1. The highest BCUT2D eigenvalue weighted by atomic mass is 79.9. The van der Waals surface area contributed by atoms with E-state index in [-0.39, 0.29) is 16.8 Å². The van der Waals surface area contributed by atoms with Gasteiger partial charge in [0.05, 0.1) is 28.1 Å². The van der Waals surface area contributed by atoms with Crippen LogP contribution >= 0.6 is 39.3 Å². The van der Waals surface area contributed by atoms with Gasteiger partial charge in [-0.15, -0.1) is 11.8 Å². The maximum atomic E-state index is 13.1. The number of thioether (sulfide) groups is 1. The molecule has 0 saturated heterocycles. The van der Waals surface area contributed by atoms with Crippen molar-refractivity contribution in [3.05, 3.63) is 123 Å². The fourth-order valence-corrected chi connectivity index (χ4v) is 4.89. The monoisotopic (exact) mass is 646 g/mol. The Hall–Kier alpha value is -3.67. The Kier molecular flexibility index (Phi) is 9.62. The van der Waals surface area contributed by atoms with E-state index in [0.29, 0.717) is 15.8 Å². The Balaban J connectivity index is 1.45. The quantitative estimate of drug-likeness (QED) is 0.116. The first-order valence-corrected chi connectivity index (χ1v) is 13.7. The maximum absolute atomic E-state index is 13.1. The summed E-state index contributed by atoms with van der Waals surface area (Å²) in [7, 11) is 0. The van der Waals surface area contributed by atoms with Gasteiger partial charge in [0.1, 0.15) is 0 Å². The van der Waals surface area contributed by atoms with Crippen LogP contribution in [-0.4, -0.2) is 23.0 Å². The minimum Gasteiger partial charge on any atom is -0.321 e. The van der Waals surface area contributed by atoms with Crippen LogP contribution in [0, 0.1) is 0 Å². The third-order valence-corrected chi connectivity index (χ3v) is 7.30. The number of pyridine rings is 1. The minimum absolute atomic E-state index is 0.0850. The first-order chi connectivity index (χ1) is 19.1. The summed E-state index contributed by atoms with van der Waals surface area (Å²) < 4.78 is 39.9. The number of amides is 2. The van der Waals surface area contributed by atoms with Gasteiger partial charge >= 0.3 is 6.18 Å². The summed E-state index contributed by atoms with van der Waals surface area (Å²) in [4.78, 5) is 31.0. The van der Waals surface area contributed by atoms with Crippen molar-refractivity contribution < 1.29 is 22.8 Å². The standard InChI is InChI=1S/C28H19BrClF3N4O2S/c29-20-5-7-25(36-26(38)19-3-1-2-18(12-19)16-40-21-8-10-34-11-9-21)22(14-20)27(39)37-35-15-17-4-6-24(30)23(13-17)28(31,32)33/h1-15H,16H2,(H,36,38)(H,37,39). The fraction of sp³-hybridized carbons (Fsp3) is 0.0714. The summed E-state index contributed by atoms with van der Waals surface area (Å²) in [5.74, 6) is -0.454. The van der Waals surface area contributed by atoms with E-state index < -0.39 is 28.6 Å². The minimum atomic E-state index is -4.63. The summed E-state index contributed by atoms with van der Waals surface area (Å²) >= 11 is 10.5. The lowest BCUT2D eigenvalue weighted by Gasteiger charge is -2.12. The van der Waals surface area contributed by atoms with Crippen LogP contribution in [-0.2, 0) is 11.9 Å². The summed E-state index contributed by atoms with van der Waals surface area (Å²) in [5.41, 5.74) is 3.02. The molecule has 4 rings (SSSR count). The Labute approximate surface area is 245 Å². The smallest absolute Gasteiger partial charge is 0.321 e. The molecule has 0 aliphatic heterocycles. The molecule has 3 aromatic carbocycles. The third kappa shape index (κ3) is 7.93. The molecule has 6 nitrogen and oxygen atoms in total. The molecule has 40 heavy (non-hydrogen) atoms. The molecule has 4 aromatic rings. The number of halogens is 5. The van der Waals surface area contributed by atoms with Gasteiger partial charge in [-0.25, -0.2) is 5.43 Å². The number of nitrogens with one attached hydrogen (secondary N) is 2. The number of aromatic nitrogens is 1. The number of nitrogens with zero attached hydrogens (tertiary/aromatic N) is 2. The number of hydrogen-bond acceptors (Lipinski definition) is 5. The van der Waals surface area contributed by atoms with E-state index in [2.05, 4.69) is 36.8 Å². The van der Waals surface area contributed by atoms with Gasteiger partial charge in [-0.3, -0.25) is 14.6 Å². The second kappa shape index (κ2) is 13.1. The van der Waals surface area contributed by atoms with Gasteiger partial charge in [-0.1, -0.05) is 45.7 Å². The van der Waals surface area contributed by atoms with Crippen LogP contribution in [0.25, 0.3) is 0 Å². The van der Waals surface area contributed by atoms with E-state index in [9.17, 15) is 22.8 Å². The van der Waals surface area contributed by atoms with E-state index in [1.165, 1.54) is 12.1 Å². The van der Waals surface area contributed by atoms with Crippen molar-refractivity contribution in [2.45, 2.75) is 16.8 Å². The molecule has 204 valence electrons. The number of carbonyl (C=O) groups is 2. The molecule has 2 amide bonds. The van der Waals surface area contributed by atoms with Gasteiger partial charge < -0.3 is 5.32 Å². The molecule has 0 atom stereocenters. The van der Waals surface area contributed by atoms with Crippen molar-refractivity contribution in [3.8, 4) is 0 Å². The van der Waals surface area contributed by atoms with Crippen LogP contribution in [0.4, 0.5) is 18.9 Å². The number of carbonyl (C=O) groups excluding carboxylic acids is 2. The molecule has 0 unspecified atom stereocenters. The van der Waals surface area contributed by atoms with Crippen LogP contribution < -0.4 is 10.7 Å². The average Bonchev–Trinajstić information content (AvgIpc) is 2.93. The largest absolute Gasteiger partial charge is 0.417 e. The summed E-state index contributed by atoms with van der Waals surface area (Å²) in [5, 5.41) is 6.07. The highest BCUT2D eigenvalue weighted by Gasteiger charge is 2.33. The first kappa shape index (κ1) is 29.3. The number of rotatable bonds is 8. The van der Waals surface area contributed by atoms with Crippen molar-refractivity contribution in [1.29, 1.82) is 0 Å². The van der Waals surface area contributed by atoms with Crippen LogP contribution in [0.5, 0.6) is 0 Å². The van der Waals surface area contributed by atoms with E-state index in [1.54, 1.807) is 54.5 Å². The van der Waals surface area contributed by atoms with Crippen molar-refractivity contribution >= 4 is 63.0 Å². The molecule has 0 aliphatic rings. The number of hydrogen-bond donors (Lipinski definition) is 2. The van der Waals surface area contributed by atoms with Gasteiger partial charge in [-0.05, 0) is 65.7 Å². The molecular formula is C28H19BrClF3N4O2S. The molecule has 0 fully saturated rings. The lowest BCUT2D eigenvalue weighted by molar-refractivity contribution is -0.137. The second-order valence-electron chi connectivity index (χ2n) is 8.25. The summed E-state index contributed by atoms with van der Waals surface area (Å²) in [6.07, 6.45) is -0.142. The summed E-state index contributed by atoms with van der Waals surface area (Å²) in [6, 6.07) is 18.9. The first-order valence-electron chi connectivity index (χ1n) is 11.5. The highest BCUT2D eigenvalue weighted by Crippen LogP contribution is 2.35. The molecule has 2 N–H and O–H groups in total. The molecule has 0 spiro atoms. The lowest BCUT2D eigenvalue weighted by Crippen LogP contribution is -2.21. The number of alkyl halides is 3. The third-order valence-electron chi connectivity index (χ3n) is 5.39. The van der Waals surface area contributed by atoms with E-state index in [4.69, 9.17) is 11.6 Å². The molecule has 1 aromatic heterocycles. The van der Waals surface area contributed by atoms with E-state index in [1.807, 2.05) is 18.2 Å². The average molecular weight is 648 g/mol. The Morgan fingerprint density at radius 2 is 1.77 bits per heavy atom. The second-order valence-corrected chi connectivity index (χ2v) is 10.6.